The van der Waals surface area contributed by atoms with Crippen molar-refractivity contribution in [2.75, 3.05) is 11.9 Å². The molecule has 116 valence electrons. The van der Waals surface area contributed by atoms with Gasteiger partial charge in [0.1, 0.15) is 12.4 Å². The van der Waals surface area contributed by atoms with Crippen molar-refractivity contribution in [2.45, 2.75) is 0 Å². The third-order valence-electron chi connectivity index (χ3n) is 3.42. The van der Waals surface area contributed by atoms with Crippen LogP contribution in [0.15, 0.2) is 48.0 Å². The van der Waals surface area contributed by atoms with Crippen molar-refractivity contribution < 1.29 is 14.3 Å². The molecule has 0 saturated carbocycles. The number of carbonyl (C=O) groups excluding carboxylic acids is 2. The van der Waals surface area contributed by atoms with E-state index in [1.807, 2.05) is 0 Å². The minimum absolute atomic E-state index is 0.138. The summed E-state index contributed by atoms with van der Waals surface area (Å²) in [6.45, 7) is 0.138. The lowest BCUT2D eigenvalue weighted by molar-refractivity contribution is -0.113. The first kappa shape index (κ1) is 15.1. The van der Waals surface area contributed by atoms with Crippen LogP contribution in [0, 0.1) is 0 Å². The van der Waals surface area contributed by atoms with Gasteiger partial charge in [0.25, 0.3) is 11.8 Å². The average Bonchev–Trinajstić information content (AvgIpc) is 2.54. The zero-order chi connectivity index (χ0) is 16.4. The fourth-order valence-corrected chi connectivity index (χ4v) is 2.47. The monoisotopic (exact) mass is 328 g/mol. The third kappa shape index (κ3) is 3.19. The molecule has 0 spiro atoms. The molecule has 2 amide bonds. The van der Waals surface area contributed by atoms with Crippen molar-refractivity contribution in [1.82, 2.24) is 0 Å². The summed E-state index contributed by atoms with van der Waals surface area (Å²) in [7, 11) is 0. The molecule has 2 aromatic carbocycles. The number of nitrogens with two attached hydrogens (primary N) is 1. The second-order valence-electron chi connectivity index (χ2n) is 5.00. The number of carbonyl (C=O) groups is 2. The van der Waals surface area contributed by atoms with E-state index in [0.29, 0.717) is 22.0 Å². The Kier molecular flexibility index (Phi) is 4.04. The van der Waals surface area contributed by atoms with E-state index < -0.39 is 5.91 Å². The van der Waals surface area contributed by atoms with Crippen LogP contribution in [0.3, 0.4) is 0 Å². The predicted molar refractivity (Wildman–Crippen MR) is 88.5 cm³/mol. The maximum absolute atomic E-state index is 12.4. The first-order valence-electron chi connectivity index (χ1n) is 6.87. The molecule has 1 heterocycles. The molecule has 0 fully saturated rings. The highest BCUT2D eigenvalue weighted by Crippen LogP contribution is 2.29. The molecule has 0 atom stereocenters. The fraction of sp³-hybridized carbons (Fsp3) is 0.0588. The molecule has 0 aliphatic carbocycles. The van der Waals surface area contributed by atoms with Crippen molar-refractivity contribution in [3.8, 4) is 5.75 Å². The number of benzene rings is 2. The van der Waals surface area contributed by atoms with Crippen LogP contribution in [0.4, 0.5) is 5.69 Å². The number of para-hydroxylation sites is 1. The number of fused-ring (bicyclic) bond motifs is 1. The number of primary amides is 1. The Morgan fingerprint density at radius 3 is 2.74 bits per heavy atom. The van der Waals surface area contributed by atoms with Crippen LogP contribution in [0.25, 0.3) is 6.08 Å². The van der Waals surface area contributed by atoms with Gasteiger partial charge in [-0.2, -0.15) is 0 Å². The van der Waals surface area contributed by atoms with E-state index in [0.717, 1.165) is 5.56 Å². The van der Waals surface area contributed by atoms with E-state index in [2.05, 4.69) is 5.32 Å². The zero-order valence-corrected chi connectivity index (χ0v) is 12.8. The van der Waals surface area contributed by atoms with E-state index in [9.17, 15) is 9.59 Å². The SMILES string of the molecule is NC(=O)c1ccccc1NC(=O)C1=Cc2cc(Cl)ccc2OC1. The normalized spacial score (nSPS) is 12.7. The molecule has 6 heteroatoms. The molecule has 2 aromatic rings. The van der Waals surface area contributed by atoms with Gasteiger partial charge in [-0.1, -0.05) is 23.7 Å². The number of hydrogen-bond donors (Lipinski definition) is 2. The molecule has 23 heavy (non-hydrogen) atoms. The number of nitrogens with one attached hydrogen (secondary N) is 1. The number of hydrogen-bond acceptors (Lipinski definition) is 3. The van der Waals surface area contributed by atoms with Gasteiger partial charge in [0.15, 0.2) is 0 Å². The van der Waals surface area contributed by atoms with Crippen molar-refractivity contribution in [3.05, 3.63) is 64.2 Å². The zero-order valence-electron chi connectivity index (χ0n) is 12.0. The molecule has 5 nitrogen and oxygen atoms in total. The standard InChI is InChI=1S/C17H13ClN2O3/c18-12-5-6-15-10(8-12)7-11(9-23-15)17(22)20-14-4-2-1-3-13(14)16(19)21/h1-8H,9H2,(H2,19,21)(H,20,22). The summed E-state index contributed by atoms with van der Waals surface area (Å²) >= 11 is 5.95. The van der Waals surface area contributed by atoms with Gasteiger partial charge in [0, 0.05) is 10.6 Å². The molecule has 0 saturated heterocycles. The van der Waals surface area contributed by atoms with Crippen LogP contribution in [-0.4, -0.2) is 18.4 Å². The van der Waals surface area contributed by atoms with Crippen molar-refractivity contribution in [3.63, 3.8) is 0 Å². The van der Waals surface area contributed by atoms with Crippen LogP contribution in [-0.2, 0) is 4.79 Å². The van der Waals surface area contributed by atoms with Gasteiger partial charge in [0.2, 0.25) is 0 Å². The third-order valence-corrected chi connectivity index (χ3v) is 3.65. The molecule has 1 aliphatic heterocycles. The number of halogens is 1. The van der Waals surface area contributed by atoms with Gasteiger partial charge in [-0.05, 0) is 36.4 Å². The van der Waals surface area contributed by atoms with Gasteiger partial charge in [-0.25, -0.2) is 0 Å². The highest BCUT2D eigenvalue weighted by atomic mass is 35.5. The minimum atomic E-state index is -0.605. The Hall–Kier alpha value is -2.79. The summed E-state index contributed by atoms with van der Waals surface area (Å²) in [6.07, 6.45) is 1.72. The van der Waals surface area contributed by atoms with E-state index in [1.165, 1.54) is 0 Å². The summed E-state index contributed by atoms with van der Waals surface area (Å²) < 4.78 is 5.55. The fourth-order valence-electron chi connectivity index (χ4n) is 2.29. The topological polar surface area (TPSA) is 81.4 Å². The molecule has 0 radical (unpaired) electrons. The Morgan fingerprint density at radius 1 is 1.17 bits per heavy atom. The molecule has 3 N–H and O–H groups in total. The predicted octanol–water partition coefficient (Wildman–Crippen LogP) is 2.85. The van der Waals surface area contributed by atoms with Crippen molar-refractivity contribution >= 4 is 35.2 Å². The lowest BCUT2D eigenvalue weighted by atomic mass is 10.1. The second kappa shape index (κ2) is 6.14. The molecule has 0 unspecified atom stereocenters. The Labute approximate surface area is 137 Å². The van der Waals surface area contributed by atoms with E-state index in [4.69, 9.17) is 22.1 Å². The van der Waals surface area contributed by atoms with Crippen LogP contribution < -0.4 is 15.8 Å². The van der Waals surface area contributed by atoms with Gasteiger partial charge >= 0.3 is 0 Å². The number of amides is 2. The number of ether oxygens (including phenoxy) is 1. The van der Waals surface area contributed by atoms with Gasteiger partial charge < -0.3 is 15.8 Å². The number of rotatable bonds is 3. The van der Waals surface area contributed by atoms with Crippen molar-refractivity contribution in [2.24, 2.45) is 5.73 Å². The van der Waals surface area contributed by atoms with E-state index in [-0.39, 0.29) is 18.1 Å². The largest absolute Gasteiger partial charge is 0.488 e. The van der Waals surface area contributed by atoms with E-state index in [1.54, 1.807) is 48.5 Å². The maximum Gasteiger partial charge on any atom is 0.255 e. The molecule has 0 aromatic heterocycles. The maximum atomic E-state index is 12.4. The lowest BCUT2D eigenvalue weighted by Gasteiger charge is -2.18. The van der Waals surface area contributed by atoms with Crippen LogP contribution in [0.1, 0.15) is 15.9 Å². The van der Waals surface area contributed by atoms with Crippen LogP contribution >= 0.6 is 11.6 Å². The summed E-state index contributed by atoms with van der Waals surface area (Å²) in [5.74, 6) is -0.292. The quantitative estimate of drug-likeness (QED) is 0.909. The van der Waals surface area contributed by atoms with Gasteiger partial charge in [-0.3, -0.25) is 9.59 Å². The van der Waals surface area contributed by atoms with Gasteiger partial charge in [0.05, 0.1) is 16.8 Å². The molecule has 0 bridgehead atoms. The molecule has 1 aliphatic rings. The minimum Gasteiger partial charge on any atom is -0.488 e. The first-order valence-corrected chi connectivity index (χ1v) is 7.25. The van der Waals surface area contributed by atoms with E-state index >= 15 is 0 Å². The van der Waals surface area contributed by atoms with Crippen molar-refractivity contribution in [1.29, 1.82) is 0 Å². The van der Waals surface area contributed by atoms with Gasteiger partial charge in [-0.15, -0.1) is 0 Å². The smallest absolute Gasteiger partial charge is 0.255 e. The first-order chi connectivity index (χ1) is 11.0. The summed E-state index contributed by atoms with van der Waals surface area (Å²) in [5, 5.41) is 3.25. The summed E-state index contributed by atoms with van der Waals surface area (Å²) in [5.41, 5.74) is 7.08. The van der Waals surface area contributed by atoms with Crippen LogP contribution in [0.2, 0.25) is 5.02 Å². The highest BCUT2D eigenvalue weighted by molar-refractivity contribution is 6.30. The summed E-state index contributed by atoms with van der Waals surface area (Å²) in [4.78, 5) is 23.8. The number of anilines is 1. The lowest BCUT2D eigenvalue weighted by Crippen LogP contribution is -2.23. The van der Waals surface area contributed by atoms with Crippen LogP contribution in [0.5, 0.6) is 5.75 Å². The summed E-state index contributed by atoms with van der Waals surface area (Å²) in [6, 6.07) is 11.8. The molecular formula is C17H13ClN2O3. The second-order valence-corrected chi connectivity index (χ2v) is 5.44. The average molecular weight is 329 g/mol. The molecule has 3 rings (SSSR count). The Bertz CT molecular complexity index is 830. The Balaban J connectivity index is 1.86. The Morgan fingerprint density at radius 2 is 1.96 bits per heavy atom. The highest BCUT2D eigenvalue weighted by Gasteiger charge is 2.19. The molecular weight excluding hydrogens is 316 g/mol.